The van der Waals surface area contributed by atoms with E-state index in [4.69, 9.17) is 0 Å². The number of alkyl halides is 3. The summed E-state index contributed by atoms with van der Waals surface area (Å²) in [6.45, 7) is 4.89. The number of hydrogen-bond donors (Lipinski definition) is 1. The van der Waals surface area contributed by atoms with E-state index in [9.17, 15) is 18.3 Å². The average Bonchev–Trinajstić information content (AvgIpc) is 3.10. The van der Waals surface area contributed by atoms with Gasteiger partial charge in [-0.1, -0.05) is 42.0 Å². The molecule has 2 aromatic heterocycles. The Morgan fingerprint density at radius 2 is 1.60 bits per heavy atom. The molecular formula is C23H20F3N3O. The summed E-state index contributed by atoms with van der Waals surface area (Å²) >= 11 is 0. The molecule has 4 nitrogen and oxygen atoms in total. The zero-order valence-electron chi connectivity index (χ0n) is 16.7. The van der Waals surface area contributed by atoms with Crippen LogP contribution in [0.1, 0.15) is 30.5 Å². The highest BCUT2D eigenvalue weighted by molar-refractivity contribution is 5.68. The van der Waals surface area contributed by atoms with Crippen molar-refractivity contribution in [3.8, 4) is 22.5 Å². The zero-order valence-corrected chi connectivity index (χ0v) is 16.7. The summed E-state index contributed by atoms with van der Waals surface area (Å²) in [6.07, 6.45) is -2.89. The first-order valence-electron chi connectivity index (χ1n) is 9.40. The Morgan fingerprint density at radius 1 is 0.900 bits per heavy atom. The minimum Gasteiger partial charge on any atom is -0.386 e. The van der Waals surface area contributed by atoms with Crippen molar-refractivity contribution < 1.29 is 18.3 Å². The molecule has 30 heavy (non-hydrogen) atoms. The Morgan fingerprint density at radius 3 is 2.23 bits per heavy atom. The summed E-state index contributed by atoms with van der Waals surface area (Å²) in [5, 5.41) is 14.5. The minimum atomic E-state index is -4.59. The molecule has 0 saturated carbocycles. The van der Waals surface area contributed by atoms with Crippen molar-refractivity contribution in [3.05, 3.63) is 77.5 Å². The van der Waals surface area contributed by atoms with Gasteiger partial charge in [-0.3, -0.25) is 0 Å². The molecule has 0 unspecified atom stereocenters. The third-order valence-corrected chi connectivity index (χ3v) is 4.97. The highest BCUT2D eigenvalue weighted by Gasteiger charge is 2.35. The lowest BCUT2D eigenvalue weighted by Crippen LogP contribution is -2.18. The van der Waals surface area contributed by atoms with Crippen LogP contribution in [0.4, 0.5) is 13.2 Å². The molecular weight excluding hydrogens is 391 g/mol. The van der Waals surface area contributed by atoms with Crippen molar-refractivity contribution >= 4 is 5.65 Å². The van der Waals surface area contributed by atoms with Gasteiger partial charge in [0, 0.05) is 11.1 Å². The summed E-state index contributed by atoms with van der Waals surface area (Å²) in [7, 11) is 0. The third kappa shape index (κ3) is 3.80. The van der Waals surface area contributed by atoms with Crippen LogP contribution in [0.15, 0.2) is 60.8 Å². The van der Waals surface area contributed by atoms with Crippen LogP contribution in [0, 0.1) is 6.92 Å². The Kier molecular flexibility index (Phi) is 4.66. The Labute approximate surface area is 171 Å². The number of benzene rings is 2. The van der Waals surface area contributed by atoms with Gasteiger partial charge >= 0.3 is 6.18 Å². The van der Waals surface area contributed by atoms with Crippen LogP contribution in [-0.2, 0) is 11.8 Å². The van der Waals surface area contributed by atoms with Crippen molar-refractivity contribution in [3.63, 3.8) is 0 Å². The van der Waals surface area contributed by atoms with Gasteiger partial charge in [-0.05, 0) is 44.5 Å². The summed E-state index contributed by atoms with van der Waals surface area (Å²) in [6, 6.07) is 14.8. The largest absolute Gasteiger partial charge is 0.417 e. The number of hydrogen-bond acceptors (Lipinski definition) is 3. The lowest BCUT2D eigenvalue weighted by Gasteiger charge is -2.21. The Hall–Kier alpha value is -3.19. The van der Waals surface area contributed by atoms with Crippen LogP contribution in [-0.4, -0.2) is 19.7 Å². The maximum absolute atomic E-state index is 13.7. The number of imidazole rings is 1. The molecule has 0 fully saturated rings. The third-order valence-electron chi connectivity index (χ3n) is 4.97. The molecule has 0 atom stereocenters. The van der Waals surface area contributed by atoms with E-state index in [0.717, 1.165) is 17.2 Å². The molecule has 0 aliphatic carbocycles. The second kappa shape index (κ2) is 6.95. The van der Waals surface area contributed by atoms with Gasteiger partial charge in [-0.25, -0.2) is 9.50 Å². The second-order valence-corrected chi connectivity index (χ2v) is 7.83. The van der Waals surface area contributed by atoms with Crippen LogP contribution in [0.3, 0.4) is 0 Å². The van der Waals surface area contributed by atoms with E-state index in [-0.39, 0.29) is 16.8 Å². The monoisotopic (exact) mass is 411 g/mol. The number of rotatable bonds is 3. The first kappa shape index (κ1) is 20.1. The van der Waals surface area contributed by atoms with Gasteiger partial charge in [-0.2, -0.15) is 18.3 Å². The summed E-state index contributed by atoms with van der Waals surface area (Å²) in [5.74, 6) is 0. The molecule has 0 aliphatic heterocycles. The standard InChI is InChI=1S/C23H20F3N3O/c1-14-4-6-15(7-5-14)20-13-29-21(27-20)11-10-19(28-29)17-9-8-16(22(2,3)30)12-18(17)23(24,25)26/h4-13,30H,1-3H3. The maximum Gasteiger partial charge on any atom is 0.417 e. The van der Waals surface area contributed by atoms with Crippen LogP contribution in [0.25, 0.3) is 28.2 Å². The van der Waals surface area contributed by atoms with Crippen molar-refractivity contribution in [2.24, 2.45) is 0 Å². The van der Waals surface area contributed by atoms with Crippen LogP contribution in [0.5, 0.6) is 0 Å². The maximum atomic E-state index is 13.7. The van der Waals surface area contributed by atoms with E-state index in [1.165, 1.54) is 36.6 Å². The van der Waals surface area contributed by atoms with Crippen molar-refractivity contribution in [1.82, 2.24) is 14.6 Å². The minimum absolute atomic E-state index is 0.0528. The lowest BCUT2D eigenvalue weighted by atomic mass is 9.92. The number of fused-ring (bicyclic) bond motifs is 1. The molecule has 2 aromatic carbocycles. The zero-order chi connectivity index (χ0) is 21.7. The fourth-order valence-electron chi connectivity index (χ4n) is 3.27. The average molecular weight is 411 g/mol. The van der Waals surface area contributed by atoms with Crippen LogP contribution < -0.4 is 0 Å². The number of halogens is 3. The van der Waals surface area contributed by atoms with Gasteiger partial charge in [0.2, 0.25) is 0 Å². The number of aromatic nitrogens is 3. The summed E-state index contributed by atoms with van der Waals surface area (Å²) in [5.41, 5.74) is 1.33. The molecule has 0 amide bonds. The van der Waals surface area contributed by atoms with Gasteiger partial charge in [0.15, 0.2) is 5.65 Å². The fourth-order valence-corrected chi connectivity index (χ4v) is 3.27. The van der Waals surface area contributed by atoms with Crippen LogP contribution in [0.2, 0.25) is 0 Å². The molecule has 4 rings (SSSR count). The topological polar surface area (TPSA) is 50.4 Å². The molecule has 0 bridgehead atoms. The Balaban J connectivity index is 1.82. The van der Waals surface area contributed by atoms with E-state index in [2.05, 4.69) is 10.1 Å². The molecule has 0 spiro atoms. The van der Waals surface area contributed by atoms with E-state index in [1.807, 2.05) is 31.2 Å². The Bertz CT molecular complexity index is 1220. The van der Waals surface area contributed by atoms with Crippen LogP contribution >= 0.6 is 0 Å². The first-order valence-corrected chi connectivity index (χ1v) is 9.40. The van der Waals surface area contributed by atoms with E-state index >= 15 is 0 Å². The molecule has 0 radical (unpaired) electrons. The van der Waals surface area contributed by atoms with Gasteiger partial charge in [0.05, 0.1) is 28.7 Å². The number of aliphatic hydroxyl groups is 1. The predicted octanol–water partition coefficient (Wildman–Crippen LogP) is 5.62. The molecule has 0 aliphatic rings. The van der Waals surface area contributed by atoms with Crippen molar-refractivity contribution in [2.45, 2.75) is 32.5 Å². The first-order chi connectivity index (χ1) is 14.0. The molecule has 7 heteroatoms. The van der Waals surface area contributed by atoms with Gasteiger partial charge in [-0.15, -0.1) is 0 Å². The summed E-state index contributed by atoms with van der Waals surface area (Å²) in [4.78, 5) is 4.51. The predicted molar refractivity (Wildman–Crippen MR) is 109 cm³/mol. The van der Waals surface area contributed by atoms with Crippen molar-refractivity contribution in [2.75, 3.05) is 0 Å². The molecule has 1 N–H and O–H groups in total. The SMILES string of the molecule is Cc1ccc(-c2cn3nc(-c4ccc(C(C)(C)O)cc4C(F)(F)F)ccc3n2)cc1. The smallest absolute Gasteiger partial charge is 0.386 e. The van der Waals surface area contributed by atoms with Gasteiger partial charge in [0.1, 0.15) is 0 Å². The van der Waals surface area contributed by atoms with Crippen molar-refractivity contribution in [1.29, 1.82) is 0 Å². The van der Waals surface area contributed by atoms with E-state index < -0.39 is 17.3 Å². The quantitative estimate of drug-likeness (QED) is 0.476. The number of aryl methyl sites for hydroxylation is 1. The molecule has 154 valence electrons. The molecule has 4 aromatic rings. The second-order valence-electron chi connectivity index (χ2n) is 7.83. The number of nitrogens with zero attached hydrogens (tertiary/aromatic N) is 3. The van der Waals surface area contributed by atoms with E-state index in [1.54, 1.807) is 12.3 Å². The molecule has 0 saturated heterocycles. The van der Waals surface area contributed by atoms with E-state index in [0.29, 0.717) is 11.3 Å². The highest BCUT2D eigenvalue weighted by atomic mass is 19.4. The summed E-state index contributed by atoms with van der Waals surface area (Å²) < 4.78 is 42.7. The molecule has 2 heterocycles. The lowest BCUT2D eigenvalue weighted by molar-refractivity contribution is -0.137. The van der Waals surface area contributed by atoms with Gasteiger partial charge in [0.25, 0.3) is 0 Å². The normalized spacial score (nSPS) is 12.5. The van der Waals surface area contributed by atoms with Gasteiger partial charge < -0.3 is 5.11 Å². The fraction of sp³-hybridized carbons (Fsp3) is 0.217. The highest BCUT2D eigenvalue weighted by Crippen LogP contribution is 2.38.